The average molecular weight is 184 g/mol. The van der Waals surface area contributed by atoms with E-state index in [9.17, 15) is 4.79 Å². The molecule has 3 N–H and O–H groups in total. The summed E-state index contributed by atoms with van der Waals surface area (Å²) < 4.78 is 0. The maximum atomic E-state index is 10.7. The summed E-state index contributed by atoms with van der Waals surface area (Å²) in [4.78, 5) is 11.7. The van der Waals surface area contributed by atoms with Crippen LogP contribution in [0, 0.1) is 0 Å². The summed E-state index contributed by atoms with van der Waals surface area (Å²) in [6, 6.07) is 3.84. The molecule has 12 heavy (non-hydrogen) atoms. The topological polar surface area (TPSA) is 55.1 Å². The van der Waals surface area contributed by atoms with Gasteiger partial charge in [-0.25, -0.2) is 0 Å². The van der Waals surface area contributed by atoms with Crippen molar-refractivity contribution in [3.8, 4) is 0 Å². The Morgan fingerprint density at radius 1 is 1.67 bits per heavy atom. The Bertz CT molecular complexity index is 280. The minimum Gasteiger partial charge on any atom is -0.324 e. The quantitative estimate of drug-likeness (QED) is 0.735. The third-order valence-electron chi connectivity index (χ3n) is 1.37. The molecule has 4 heteroatoms. The summed E-state index contributed by atoms with van der Waals surface area (Å²) in [7, 11) is 0. The number of carbonyl (C=O) groups is 1. The molecule has 0 bridgehead atoms. The molecule has 0 aliphatic rings. The number of amides is 1. The lowest BCUT2D eigenvalue weighted by Gasteiger charge is -1.98. The van der Waals surface area contributed by atoms with Crippen molar-refractivity contribution in [3.63, 3.8) is 0 Å². The molecule has 66 valence electrons. The highest BCUT2D eigenvalue weighted by Gasteiger charge is 2.04. The summed E-state index contributed by atoms with van der Waals surface area (Å²) >= 11 is 1.51. The molecular formula is C8H12N2OS. The zero-order valence-corrected chi connectivity index (χ0v) is 7.94. The van der Waals surface area contributed by atoms with Crippen LogP contribution in [0.3, 0.4) is 0 Å². The number of thiophene rings is 1. The largest absolute Gasteiger partial charge is 0.324 e. The second-order valence-corrected chi connectivity index (χ2v) is 3.79. The average Bonchev–Trinajstić information content (AvgIpc) is 2.34. The van der Waals surface area contributed by atoms with E-state index in [4.69, 9.17) is 5.73 Å². The van der Waals surface area contributed by atoms with Gasteiger partial charge in [0, 0.05) is 17.8 Å². The van der Waals surface area contributed by atoms with Crippen LogP contribution >= 0.6 is 11.3 Å². The monoisotopic (exact) mass is 184 g/mol. The van der Waals surface area contributed by atoms with Gasteiger partial charge in [-0.2, -0.15) is 0 Å². The molecule has 1 rings (SSSR count). The maximum Gasteiger partial charge on any atom is 0.221 e. The SMILES string of the molecule is CC(=O)Nc1ccc(C(C)N)s1. The molecule has 1 aromatic heterocycles. The van der Waals surface area contributed by atoms with Crippen LogP contribution < -0.4 is 11.1 Å². The maximum absolute atomic E-state index is 10.7. The molecule has 3 nitrogen and oxygen atoms in total. The molecule has 1 unspecified atom stereocenters. The highest BCUT2D eigenvalue weighted by Crippen LogP contribution is 2.25. The van der Waals surface area contributed by atoms with Crippen molar-refractivity contribution in [1.82, 2.24) is 0 Å². The van der Waals surface area contributed by atoms with Crippen molar-refractivity contribution in [1.29, 1.82) is 0 Å². The first-order chi connectivity index (χ1) is 5.59. The second-order valence-electron chi connectivity index (χ2n) is 2.67. The van der Waals surface area contributed by atoms with E-state index in [2.05, 4.69) is 5.32 Å². The number of hydrogen-bond donors (Lipinski definition) is 2. The van der Waals surface area contributed by atoms with Crippen LogP contribution in [0.1, 0.15) is 24.8 Å². The number of nitrogens with two attached hydrogens (primary N) is 1. The summed E-state index contributed by atoms with van der Waals surface area (Å²) in [5.41, 5.74) is 5.66. The van der Waals surface area contributed by atoms with Gasteiger partial charge in [0.05, 0.1) is 5.00 Å². The fourth-order valence-corrected chi connectivity index (χ4v) is 1.74. The predicted octanol–water partition coefficient (Wildman–Crippen LogP) is 1.73. The van der Waals surface area contributed by atoms with Crippen LogP contribution in [0.5, 0.6) is 0 Å². The van der Waals surface area contributed by atoms with Gasteiger partial charge >= 0.3 is 0 Å². The van der Waals surface area contributed by atoms with Gasteiger partial charge in [0.25, 0.3) is 0 Å². The molecule has 0 saturated carbocycles. The van der Waals surface area contributed by atoms with E-state index in [0.29, 0.717) is 0 Å². The third kappa shape index (κ3) is 2.32. The molecule has 1 aromatic rings. The molecule has 0 fully saturated rings. The zero-order chi connectivity index (χ0) is 9.14. The van der Waals surface area contributed by atoms with E-state index in [1.807, 2.05) is 19.1 Å². The van der Waals surface area contributed by atoms with Crippen molar-refractivity contribution >= 4 is 22.2 Å². The minimum atomic E-state index is -0.0481. The molecule has 0 radical (unpaired) electrons. The fraction of sp³-hybridized carbons (Fsp3) is 0.375. The highest BCUT2D eigenvalue weighted by atomic mass is 32.1. The van der Waals surface area contributed by atoms with Gasteiger partial charge in [0.1, 0.15) is 0 Å². The number of nitrogens with one attached hydrogen (secondary N) is 1. The van der Waals surface area contributed by atoms with Gasteiger partial charge in [-0.15, -0.1) is 11.3 Å². The number of carbonyl (C=O) groups excluding carboxylic acids is 1. The Morgan fingerprint density at radius 2 is 2.33 bits per heavy atom. The lowest BCUT2D eigenvalue weighted by atomic mass is 10.3. The van der Waals surface area contributed by atoms with Crippen LogP contribution in [0.4, 0.5) is 5.00 Å². The third-order valence-corrected chi connectivity index (χ3v) is 2.58. The fourth-order valence-electron chi connectivity index (χ4n) is 0.838. The standard InChI is InChI=1S/C8H12N2OS/c1-5(9)7-3-4-8(12-7)10-6(2)11/h3-5H,9H2,1-2H3,(H,10,11). The highest BCUT2D eigenvalue weighted by molar-refractivity contribution is 7.16. The lowest BCUT2D eigenvalue weighted by Crippen LogP contribution is -2.04. The van der Waals surface area contributed by atoms with Crippen molar-refractivity contribution in [3.05, 3.63) is 17.0 Å². The first-order valence-corrected chi connectivity index (χ1v) is 4.54. The van der Waals surface area contributed by atoms with E-state index >= 15 is 0 Å². The zero-order valence-electron chi connectivity index (χ0n) is 7.13. The van der Waals surface area contributed by atoms with Crippen molar-refractivity contribution in [2.75, 3.05) is 5.32 Å². The van der Waals surface area contributed by atoms with Crippen molar-refractivity contribution in [2.24, 2.45) is 5.73 Å². The van der Waals surface area contributed by atoms with Crippen LogP contribution in [-0.4, -0.2) is 5.91 Å². The van der Waals surface area contributed by atoms with Crippen LogP contribution in [0.25, 0.3) is 0 Å². The minimum absolute atomic E-state index is 0.0394. The van der Waals surface area contributed by atoms with Crippen LogP contribution in [0.2, 0.25) is 0 Å². The van der Waals surface area contributed by atoms with Gasteiger partial charge in [-0.1, -0.05) is 0 Å². The van der Waals surface area contributed by atoms with Gasteiger partial charge in [-0.3, -0.25) is 4.79 Å². The van der Waals surface area contributed by atoms with Gasteiger partial charge < -0.3 is 11.1 Å². The van der Waals surface area contributed by atoms with E-state index < -0.39 is 0 Å². The van der Waals surface area contributed by atoms with E-state index in [1.165, 1.54) is 18.3 Å². The molecule has 0 aliphatic carbocycles. The van der Waals surface area contributed by atoms with Gasteiger partial charge in [0.15, 0.2) is 0 Å². The molecule has 0 aromatic carbocycles. The smallest absolute Gasteiger partial charge is 0.221 e. The van der Waals surface area contributed by atoms with E-state index in [0.717, 1.165) is 9.88 Å². The molecule has 1 amide bonds. The summed E-state index contributed by atoms with van der Waals surface area (Å²) in [5, 5.41) is 3.56. The summed E-state index contributed by atoms with van der Waals surface area (Å²) in [5.74, 6) is -0.0481. The number of anilines is 1. The van der Waals surface area contributed by atoms with Crippen LogP contribution in [-0.2, 0) is 4.79 Å². The molecule has 0 saturated heterocycles. The first-order valence-electron chi connectivity index (χ1n) is 3.72. The molecule has 0 spiro atoms. The number of rotatable bonds is 2. The normalized spacial score (nSPS) is 12.6. The Labute approximate surface area is 75.6 Å². The molecule has 1 heterocycles. The second kappa shape index (κ2) is 3.69. The van der Waals surface area contributed by atoms with Gasteiger partial charge in [-0.05, 0) is 19.1 Å². The Hall–Kier alpha value is -0.870. The van der Waals surface area contributed by atoms with Crippen molar-refractivity contribution in [2.45, 2.75) is 19.9 Å². The predicted molar refractivity (Wildman–Crippen MR) is 51.2 cm³/mol. The first kappa shape index (κ1) is 9.22. The molecule has 1 atom stereocenters. The van der Waals surface area contributed by atoms with Crippen molar-refractivity contribution < 1.29 is 4.79 Å². The van der Waals surface area contributed by atoms with Gasteiger partial charge in [0.2, 0.25) is 5.91 Å². The Morgan fingerprint density at radius 3 is 2.75 bits per heavy atom. The van der Waals surface area contributed by atoms with E-state index in [-0.39, 0.29) is 11.9 Å². The van der Waals surface area contributed by atoms with E-state index in [1.54, 1.807) is 0 Å². The summed E-state index contributed by atoms with van der Waals surface area (Å²) in [6.45, 7) is 3.41. The number of hydrogen-bond acceptors (Lipinski definition) is 3. The Kier molecular flexibility index (Phi) is 2.83. The van der Waals surface area contributed by atoms with Crippen LogP contribution in [0.15, 0.2) is 12.1 Å². The molecular weight excluding hydrogens is 172 g/mol. The summed E-state index contributed by atoms with van der Waals surface area (Å²) in [6.07, 6.45) is 0. The molecule has 0 aliphatic heterocycles. The lowest BCUT2D eigenvalue weighted by molar-refractivity contribution is -0.114. The Balaban J connectivity index is 2.70.